The van der Waals surface area contributed by atoms with Crippen molar-refractivity contribution in [3.63, 3.8) is 0 Å². The van der Waals surface area contributed by atoms with E-state index in [1.54, 1.807) is 6.08 Å². The van der Waals surface area contributed by atoms with Crippen LogP contribution in [0.2, 0.25) is 0 Å². The third kappa shape index (κ3) is 3.94. The monoisotopic (exact) mass is 204 g/mol. The normalized spacial score (nSPS) is 10.1. The van der Waals surface area contributed by atoms with Gasteiger partial charge in [0.05, 0.1) is 17.8 Å². The molecule has 0 aromatic carbocycles. The molecule has 80 valence electrons. The molecule has 0 atom stereocenters. The highest BCUT2D eigenvalue weighted by molar-refractivity contribution is 5.78. The molecule has 0 spiro atoms. The maximum atomic E-state index is 11.4. The third-order valence-corrected chi connectivity index (χ3v) is 1.83. The van der Waals surface area contributed by atoms with Crippen LogP contribution in [0.1, 0.15) is 25.2 Å². The Balaban J connectivity index is 2.64. The van der Waals surface area contributed by atoms with Crippen molar-refractivity contribution in [2.75, 3.05) is 0 Å². The number of rotatable bonds is 4. The van der Waals surface area contributed by atoms with Crippen LogP contribution in [0.3, 0.4) is 0 Å². The van der Waals surface area contributed by atoms with Gasteiger partial charge >= 0.3 is 0 Å². The van der Waals surface area contributed by atoms with Gasteiger partial charge in [-0.05, 0) is 32.1 Å². The molecule has 1 aromatic rings. The van der Waals surface area contributed by atoms with E-state index in [0.717, 1.165) is 11.4 Å². The van der Waals surface area contributed by atoms with Crippen molar-refractivity contribution in [3.05, 3.63) is 36.2 Å². The van der Waals surface area contributed by atoms with Gasteiger partial charge in [-0.1, -0.05) is 12.6 Å². The summed E-state index contributed by atoms with van der Waals surface area (Å²) in [5.41, 5.74) is 1.57. The zero-order valence-electron chi connectivity index (χ0n) is 9.16. The van der Waals surface area contributed by atoms with E-state index in [1.165, 1.54) is 0 Å². The summed E-state index contributed by atoms with van der Waals surface area (Å²) in [7, 11) is 0. The molecule has 0 bridgehead atoms. The molecular formula is C12H16N2O. The molecule has 0 aliphatic carbocycles. The number of hydrogen-bond acceptors (Lipinski definition) is 2. The Labute approximate surface area is 90.2 Å². The Morgan fingerprint density at radius 2 is 2.33 bits per heavy atom. The number of amides is 1. The number of aromatic nitrogens is 1. The second-order valence-electron chi connectivity index (χ2n) is 3.66. The van der Waals surface area contributed by atoms with E-state index in [2.05, 4.69) is 16.9 Å². The molecule has 0 unspecified atom stereocenters. The van der Waals surface area contributed by atoms with Crippen LogP contribution < -0.4 is 5.32 Å². The minimum absolute atomic E-state index is 0.00119. The summed E-state index contributed by atoms with van der Waals surface area (Å²) in [5, 5.41) is 2.82. The number of pyridine rings is 1. The molecule has 1 rings (SSSR count). The Bertz CT molecular complexity index is 358. The van der Waals surface area contributed by atoms with E-state index in [9.17, 15) is 4.79 Å². The predicted molar refractivity (Wildman–Crippen MR) is 61.3 cm³/mol. The lowest BCUT2D eigenvalue weighted by Gasteiger charge is -2.07. The van der Waals surface area contributed by atoms with E-state index >= 15 is 0 Å². The average molecular weight is 204 g/mol. The van der Waals surface area contributed by atoms with Gasteiger partial charge in [0.25, 0.3) is 0 Å². The van der Waals surface area contributed by atoms with Gasteiger partial charge in [0.1, 0.15) is 0 Å². The van der Waals surface area contributed by atoms with Gasteiger partial charge in [-0.25, -0.2) is 0 Å². The summed E-state index contributed by atoms with van der Waals surface area (Å²) in [4.78, 5) is 15.7. The zero-order valence-corrected chi connectivity index (χ0v) is 9.16. The summed E-state index contributed by atoms with van der Waals surface area (Å²) >= 11 is 0. The SMILES string of the molecule is C=Cc1cccc(CC(=O)NC(C)C)n1. The van der Waals surface area contributed by atoms with E-state index in [1.807, 2.05) is 32.0 Å². The fourth-order valence-corrected chi connectivity index (χ4v) is 1.25. The first kappa shape index (κ1) is 11.4. The van der Waals surface area contributed by atoms with Gasteiger partial charge in [0.15, 0.2) is 0 Å². The molecule has 15 heavy (non-hydrogen) atoms. The molecule has 0 fully saturated rings. The minimum Gasteiger partial charge on any atom is -0.354 e. The minimum atomic E-state index is -0.00119. The number of carbonyl (C=O) groups is 1. The lowest BCUT2D eigenvalue weighted by molar-refractivity contribution is -0.120. The Morgan fingerprint density at radius 1 is 1.60 bits per heavy atom. The Morgan fingerprint density at radius 3 is 2.93 bits per heavy atom. The summed E-state index contributed by atoms with van der Waals surface area (Å²) in [6.07, 6.45) is 1.99. The van der Waals surface area contributed by atoms with Crippen molar-refractivity contribution >= 4 is 12.0 Å². The first-order valence-electron chi connectivity index (χ1n) is 4.99. The number of hydrogen-bond donors (Lipinski definition) is 1. The highest BCUT2D eigenvalue weighted by Gasteiger charge is 2.05. The molecule has 3 nitrogen and oxygen atoms in total. The molecule has 0 aliphatic heterocycles. The fraction of sp³-hybridized carbons (Fsp3) is 0.333. The first-order valence-corrected chi connectivity index (χ1v) is 4.99. The van der Waals surface area contributed by atoms with E-state index in [4.69, 9.17) is 0 Å². The van der Waals surface area contributed by atoms with Crippen LogP contribution in [0.4, 0.5) is 0 Å². The molecule has 0 saturated carbocycles. The molecule has 1 heterocycles. The van der Waals surface area contributed by atoms with E-state index < -0.39 is 0 Å². The van der Waals surface area contributed by atoms with E-state index in [-0.39, 0.29) is 11.9 Å². The summed E-state index contributed by atoms with van der Waals surface area (Å²) in [6, 6.07) is 5.74. The third-order valence-electron chi connectivity index (χ3n) is 1.83. The zero-order chi connectivity index (χ0) is 11.3. The van der Waals surface area contributed by atoms with Crippen molar-refractivity contribution in [1.82, 2.24) is 10.3 Å². The van der Waals surface area contributed by atoms with Crippen molar-refractivity contribution in [2.45, 2.75) is 26.3 Å². The molecule has 1 aromatic heterocycles. The van der Waals surface area contributed by atoms with Crippen molar-refractivity contribution in [1.29, 1.82) is 0 Å². The summed E-state index contributed by atoms with van der Waals surface area (Å²) < 4.78 is 0. The fourth-order valence-electron chi connectivity index (χ4n) is 1.25. The van der Waals surface area contributed by atoms with Gasteiger partial charge in [-0.15, -0.1) is 0 Å². The smallest absolute Gasteiger partial charge is 0.226 e. The quantitative estimate of drug-likeness (QED) is 0.812. The lowest BCUT2D eigenvalue weighted by Crippen LogP contribution is -2.31. The molecule has 0 aliphatic rings. The second kappa shape index (κ2) is 5.29. The van der Waals surface area contributed by atoms with Crippen molar-refractivity contribution in [2.24, 2.45) is 0 Å². The molecule has 1 amide bonds. The topological polar surface area (TPSA) is 42.0 Å². The molecule has 0 radical (unpaired) electrons. The van der Waals surface area contributed by atoms with Gasteiger partial charge in [0, 0.05) is 6.04 Å². The van der Waals surface area contributed by atoms with E-state index in [0.29, 0.717) is 6.42 Å². The molecule has 1 N–H and O–H groups in total. The van der Waals surface area contributed by atoms with Crippen LogP contribution >= 0.6 is 0 Å². The predicted octanol–water partition coefficient (Wildman–Crippen LogP) is 1.79. The van der Waals surface area contributed by atoms with Gasteiger partial charge in [0.2, 0.25) is 5.91 Å². The van der Waals surface area contributed by atoms with Gasteiger partial charge in [-0.3, -0.25) is 9.78 Å². The van der Waals surface area contributed by atoms with Crippen LogP contribution in [0, 0.1) is 0 Å². The van der Waals surface area contributed by atoms with Crippen molar-refractivity contribution in [3.8, 4) is 0 Å². The largest absolute Gasteiger partial charge is 0.354 e. The second-order valence-corrected chi connectivity index (χ2v) is 3.66. The standard InChI is InChI=1S/C12H16N2O/c1-4-10-6-5-7-11(14-10)8-12(15)13-9(2)3/h4-7,9H,1,8H2,2-3H3,(H,13,15). The number of carbonyl (C=O) groups excluding carboxylic acids is 1. The summed E-state index contributed by atoms with van der Waals surface area (Å²) in [6.45, 7) is 7.51. The maximum absolute atomic E-state index is 11.4. The Hall–Kier alpha value is -1.64. The average Bonchev–Trinajstić information content (AvgIpc) is 2.16. The van der Waals surface area contributed by atoms with Gasteiger partial charge in [-0.2, -0.15) is 0 Å². The summed E-state index contributed by atoms with van der Waals surface area (Å²) in [5.74, 6) is -0.00119. The highest BCUT2D eigenvalue weighted by Crippen LogP contribution is 2.01. The Kier molecular flexibility index (Phi) is 4.03. The number of nitrogens with one attached hydrogen (secondary N) is 1. The highest BCUT2D eigenvalue weighted by atomic mass is 16.1. The molecule has 3 heteroatoms. The van der Waals surface area contributed by atoms with Crippen LogP contribution in [0.25, 0.3) is 6.08 Å². The number of nitrogens with zero attached hydrogens (tertiary/aromatic N) is 1. The maximum Gasteiger partial charge on any atom is 0.226 e. The van der Waals surface area contributed by atoms with Crippen LogP contribution in [-0.2, 0) is 11.2 Å². The van der Waals surface area contributed by atoms with Gasteiger partial charge < -0.3 is 5.32 Å². The van der Waals surface area contributed by atoms with Crippen LogP contribution in [0.5, 0.6) is 0 Å². The van der Waals surface area contributed by atoms with Crippen LogP contribution in [0.15, 0.2) is 24.8 Å². The molecule has 0 saturated heterocycles. The van der Waals surface area contributed by atoms with Crippen LogP contribution in [-0.4, -0.2) is 16.9 Å². The lowest BCUT2D eigenvalue weighted by atomic mass is 10.2. The van der Waals surface area contributed by atoms with Crippen molar-refractivity contribution < 1.29 is 4.79 Å². The molecular weight excluding hydrogens is 188 g/mol. The first-order chi connectivity index (χ1) is 7.11.